The number of aliphatic carboxylic acids is 1. The number of hydrogen-bond donors (Lipinski definition) is 1. The molecule has 0 heterocycles. The summed E-state index contributed by atoms with van der Waals surface area (Å²) in [5, 5.41) is 8.78. The standard InChI is InChI=1S/C12H15NO2.C2HF3O2/c1-3-10(12(14)15-2)11(13)9-7-5-4-6-8-9;3-2(4,5)1(6)7/h3-8,10-11H,1,13H2,2H3;(H,6,7)/t10-,11-;/m0./s1. The number of carbonyl (C=O) groups excluding carboxylic acids is 2. The fraction of sp³-hybridized carbons (Fsp3) is 0.286. The first-order chi connectivity index (χ1) is 10.1. The average molecular weight is 319 g/mol. The van der Waals surface area contributed by atoms with Crippen LogP contribution in [0.15, 0.2) is 43.0 Å². The van der Waals surface area contributed by atoms with Crippen molar-refractivity contribution in [2.24, 2.45) is 5.92 Å². The van der Waals surface area contributed by atoms with Crippen molar-refractivity contribution >= 4 is 11.9 Å². The van der Waals surface area contributed by atoms with E-state index in [0.29, 0.717) is 0 Å². The SMILES string of the molecule is C=C[C@H](C(=O)OC)[C@@H]([NH3+])c1ccccc1.O=C([O-])C(F)(F)F. The average Bonchev–Trinajstić information content (AvgIpc) is 2.48. The van der Waals surface area contributed by atoms with Gasteiger partial charge in [0.1, 0.15) is 17.9 Å². The Hall–Kier alpha value is -2.35. The highest BCUT2D eigenvalue weighted by molar-refractivity contribution is 5.75. The number of carbonyl (C=O) groups is 2. The lowest BCUT2D eigenvalue weighted by Gasteiger charge is -2.15. The predicted octanol–water partition coefficient (Wildman–Crippen LogP) is 0.243. The van der Waals surface area contributed by atoms with Gasteiger partial charge in [-0.3, -0.25) is 4.79 Å². The smallest absolute Gasteiger partial charge is 0.430 e. The van der Waals surface area contributed by atoms with Gasteiger partial charge < -0.3 is 20.4 Å². The van der Waals surface area contributed by atoms with Gasteiger partial charge in [0.15, 0.2) is 0 Å². The summed E-state index contributed by atoms with van der Waals surface area (Å²) in [6.45, 7) is 3.64. The quantitative estimate of drug-likeness (QED) is 0.635. The minimum absolute atomic E-state index is 0.156. The molecule has 0 fully saturated rings. The van der Waals surface area contributed by atoms with Crippen LogP contribution in [0.5, 0.6) is 0 Å². The van der Waals surface area contributed by atoms with Gasteiger partial charge in [0, 0.05) is 5.56 Å². The second-order valence-electron chi connectivity index (χ2n) is 4.09. The van der Waals surface area contributed by atoms with E-state index in [-0.39, 0.29) is 12.0 Å². The lowest BCUT2D eigenvalue weighted by Crippen LogP contribution is -2.58. The van der Waals surface area contributed by atoms with Crippen LogP contribution in [-0.2, 0) is 14.3 Å². The molecule has 5 nitrogen and oxygen atoms in total. The van der Waals surface area contributed by atoms with Gasteiger partial charge in [0.05, 0.1) is 7.11 Å². The number of carboxylic acids is 1. The number of methoxy groups -OCH3 is 1. The zero-order valence-electron chi connectivity index (χ0n) is 11.8. The Morgan fingerprint density at radius 2 is 1.77 bits per heavy atom. The molecule has 0 saturated heterocycles. The van der Waals surface area contributed by atoms with Crippen LogP contribution >= 0.6 is 0 Å². The molecule has 1 aromatic rings. The Bertz CT molecular complexity index is 503. The number of carboxylic acid groups (broad SMARTS) is 1. The number of benzene rings is 1. The van der Waals surface area contributed by atoms with Crippen molar-refractivity contribution in [1.29, 1.82) is 0 Å². The summed E-state index contributed by atoms with van der Waals surface area (Å²) in [6.07, 6.45) is -3.61. The van der Waals surface area contributed by atoms with Crippen LogP contribution in [0.2, 0.25) is 0 Å². The van der Waals surface area contributed by atoms with Crippen LogP contribution in [0.3, 0.4) is 0 Å². The van der Waals surface area contributed by atoms with Crippen LogP contribution in [0.1, 0.15) is 11.6 Å². The van der Waals surface area contributed by atoms with E-state index in [9.17, 15) is 18.0 Å². The summed E-state index contributed by atoms with van der Waals surface area (Å²) in [5.41, 5.74) is 4.98. The van der Waals surface area contributed by atoms with E-state index in [1.807, 2.05) is 30.3 Å². The van der Waals surface area contributed by atoms with Crippen LogP contribution in [0.4, 0.5) is 13.2 Å². The minimum atomic E-state index is -5.19. The molecular weight excluding hydrogens is 303 g/mol. The lowest BCUT2D eigenvalue weighted by atomic mass is 9.94. The normalized spacial score (nSPS) is 13.1. The highest BCUT2D eigenvalue weighted by atomic mass is 19.4. The predicted molar refractivity (Wildman–Crippen MR) is 68.8 cm³/mol. The molecule has 8 heteroatoms. The third kappa shape index (κ3) is 6.40. The second kappa shape index (κ2) is 8.83. The number of hydrogen-bond acceptors (Lipinski definition) is 4. The molecular formula is C14H16F3NO4. The van der Waals surface area contributed by atoms with Crippen molar-refractivity contribution in [1.82, 2.24) is 0 Å². The third-order valence-corrected chi connectivity index (χ3v) is 2.62. The maximum atomic E-state index is 11.4. The number of ether oxygens (including phenoxy) is 1. The van der Waals surface area contributed by atoms with Crippen molar-refractivity contribution in [2.75, 3.05) is 7.11 Å². The molecule has 0 saturated carbocycles. The largest absolute Gasteiger partial charge is 0.542 e. The molecule has 122 valence electrons. The summed E-state index contributed by atoms with van der Waals surface area (Å²) in [4.78, 5) is 20.2. The van der Waals surface area contributed by atoms with E-state index in [0.717, 1.165) is 5.56 Å². The molecule has 0 amide bonds. The fourth-order valence-electron chi connectivity index (χ4n) is 1.47. The Labute approximate surface area is 125 Å². The van der Waals surface area contributed by atoms with E-state index in [1.165, 1.54) is 7.11 Å². The van der Waals surface area contributed by atoms with Crippen LogP contribution < -0.4 is 10.8 Å². The van der Waals surface area contributed by atoms with Crippen molar-refractivity contribution in [3.05, 3.63) is 48.6 Å². The van der Waals surface area contributed by atoms with E-state index in [4.69, 9.17) is 14.6 Å². The van der Waals surface area contributed by atoms with Crippen LogP contribution in [0.25, 0.3) is 0 Å². The first-order valence-electron chi connectivity index (χ1n) is 6.01. The maximum absolute atomic E-state index is 11.4. The van der Waals surface area contributed by atoms with Gasteiger partial charge in [-0.1, -0.05) is 36.4 Å². The topological polar surface area (TPSA) is 94.1 Å². The number of esters is 1. The number of halogens is 3. The molecule has 0 aromatic heterocycles. The summed E-state index contributed by atoms with van der Waals surface area (Å²) in [6, 6.07) is 9.50. The Kier molecular flexibility index (Phi) is 7.89. The third-order valence-electron chi connectivity index (χ3n) is 2.62. The van der Waals surface area contributed by atoms with Crippen molar-refractivity contribution in [2.45, 2.75) is 12.2 Å². The Morgan fingerprint density at radius 1 is 1.32 bits per heavy atom. The summed E-state index contributed by atoms with van der Waals surface area (Å²) in [7, 11) is 1.37. The number of quaternary nitrogens is 1. The maximum Gasteiger partial charge on any atom is 0.430 e. The Morgan fingerprint density at radius 3 is 2.09 bits per heavy atom. The van der Waals surface area contributed by atoms with Crippen molar-refractivity contribution < 1.29 is 38.3 Å². The van der Waals surface area contributed by atoms with E-state index in [1.54, 1.807) is 6.08 Å². The lowest BCUT2D eigenvalue weighted by molar-refractivity contribution is -0.433. The molecule has 0 bridgehead atoms. The molecule has 0 aliphatic rings. The van der Waals surface area contributed by atoms with Gasteiger partial charge in [0.2, 0.25) is 0 Å². The molecule has 0 aliphatic heterocycles. The molecule has 0 unspecified atom stereocenters. The number of alkyl halides is 3. The zero-order valence-corrected chi connectivity index (χ0v) is 11.8. The first-order valence-corrected chi connectivity index (χ1v) is 6.01. The summed E-state index contributed by atoms with van der Waals surface area (Å²) in [5.74, 6) is -3.70. The van der Waals surface area contributed by atoms with Gasteiger partial charge in [-0.2, -0.15) is 13.2 Å². The molecule has 0 spiro atoms. The van der Waals surface area contributed by atoms with E-state index >= 15 is 0 Å². The van der Waals surface area contributed by atoms with Gasteiger partial charge in [-0.15, -0.1) is 6.58 Å². The first kappa shape index (κ1) is 19.7. The summed E-state index contributed by atoms with van der Waals surface area (Å²) >= 11 is 0. The van der Waals surface area contributed by atoms with Gasteiger partial charge in [-0.05, 0) is 0 Å². The van der Waals surface area contributed by atoms with Gasteiger partial charge >= 0.3 is 12.1 Å². The monoisotopic (exact) mass is 319 g/mol. The molecule has 3 N–H and O–H groups in total. The summed E-state index contributed by atoms with van der Waals surface area (Å²) < 4.78 is 36.2. The van der Waals surface area contributed by atoms with Gasteiger partial charge in [0.25, 0.3) is 0 Å². The highest BCUT2D eigenvalue weighted by Gasteiger charge is 2.29. The van der Waals surface area contributed by atoms with Gasteiger partial charge in [-0.25, -0.2) is 0 Å². The molecule has 1 rings (SSSR count). The highest BCUT2D eigenvalue weighted by Crippen LogP contribution is 2.19. The Balaban J connectivity index is 0.000000534. The second-order valence-corrected chi connectivity index (χ2v) is 4.09. The van der Waals surface area contributed by atoms with Crippen molar-refractivity contribution in [3.8, 4) is 0 Å². The zero-order chi connectivity index (χ0) is 17.3. The van der Waals surface area contributed by atoms with E-state index < -0.39 is 18.1 Å². The van der Waals surface area contributed by atoms with Crippen molar-refractivity contribution in [3.63, 3.8) is 0 Å². The minimum Gasteiger partial charge on any atom is -0.542 e. The molecule has 0 radical (unpaired) electrons. The van der Waals surface area contributed by atoms with Crippen LogP contribution in [-0.4, -0.2) is 25.2 Å². The fourth-order valence-corrected chi connectivity index (χ4v) is 1.47. The van der Waals surface area contributed by atoms with E-state index in [2.05, 4.69) is 12.3 Å². The molecule has 2 atom stereocenters. The number of rotatable bonds is 4. The van der Waals surface area contributed by atoms with Crippen LogP contribution in [0, 0.1) is 5.92 Å². The molecule has 22 heavy (non-hydrogen) atoms. The molecule has 0 aliphatic carbocycles. The molecule has 1 aromatic carbocycles.